The molecule has 0 saturated carbocycles. The van der Waals surface area contributed by atoms with Gasteiger partial charge in [-0.25, -0.2) is 0 Å². The zero-order chi connectivity index (χ0) is 11.9. The van der Waals surface area contributed by atoms with Crippen molar-refractivity contribution in [3.63, 3.8) is 0 Å². The van der Waals surface area contributed by atoms with E-state index in [-0.39, 0.29) is 0 Å². The fourth-order valence-electron chi connectivity index (χ4n) is 1.67. The van der Waals surface area contributed by atoms with Crippen molar-refractivity contribution < 1.29 is 4.43 Å². The van der Waals surface area contributed by atoms with Crippen molar-refractivity contribution >= 4 is 8.32 Å². The van der Waals surface area contributed by atoms with Crippen LogP contribution < -0.4 is 0 Å². The third-order valence-electron chi connectivity index (χ3n) is 2.40. The van der Waals surface area contributed by atoms with Crippen molar-refractivity contribution in [3.05, 3.63) is 11.3 Å². The average Bonchev–Trinajstić information content (AvgIpc) is 2.15. The third-order valence-corrected chi connectivity index (χ3v) is 3.26. The first kappa shape index (κ1) is 14.8. The number of hydrogen-bond donors (Lipinski definition) is 0. The number of hydrogen-bond acceptors (Lipinski definition) is 1. The Labute approximate surface area is 97.0 Å². The van der Waals surface area contributed by atoms with E-state index >= 15 is 0 Å². The van der Waals surface area contributed by atoms with Gasteiger partial charge in [-0.15, -0.1) is 0 Å². The second kappa shape index (κ2) is 7.10. The summed E-state index contributed by atoms with van der Waals surface area (Å²) in [5.74, 6) is 1.28. The van der Waals surface area contributed by atoms with E-state index < -0.39 is 8.32 Å². The summed E-state index contributed by atoms with van der Waals surface area (Å²) < 4.78 is 6.16. The Hall–Kier alpha value is -0.243. The molecule has 0 N–H and O–H groups in total. The fraction of sp³-hybridized carbons (Fsp3) is 0.846. The standard InChI is InChI=1S/C13H28OSi/c1-7-10-11-12(8-2)13(9-3)14-15(4,5)6/h7-11H2,1-6H3. The molecule has 90 valence electrons. The zero-order valence-electron chi connectivity index (χ0n) is 11.4. The van der Waals surface area contributed by atoms with Gasteiger partial charge in [0.2, 0.25) is 8.32 Å². The second-order valence-corrected chi connectivity index (χ2v) is 9.48. The Morgan fingerprint density at radius 1 is 1.00 bits per heavy atom. The van der Waals surface area contributed by atoms with Crippen LogP contribution in [0.25, 0.3) is 0 Å². The number of rotatable bonds is 7. The van der Waals surface area contributed by atoms with Gasteiger partial charge in [0.05, 0.1) is 5.76 Å². The van der Waals surface area contributed by atoms with Crippen molar-refractivity contribution in [1.82, 2.24) is 0 Å². The summed E-state index contributed by atoms with van der Waals surface area (Å²) in [5.41, 5.74) is 1.54. The van der Waals surface area contributed by atoms with Crippen molar-refractivity contribution in [2.75, 3.05) is 0 Å². The minimum Gasteiger partial charge on any atom is -0.547 e. The molecule has 0 aromatic rings. The molecule has 2 heteroatoms. The highest BCUT2D eigenvalue weighted by Gasteiger charge is 2.18. The molecule has 0 aliphatic carbocycles. The Morgan fingerprint density at radius 2 is 1.60 bits per heavy atom. The van der Waals surface area contributed by atoms with Gasteiger partial charge < -0.3 is 4.43 Å². The Bertz CT molecular complexity index is 201. The van der Waals surface area contributed by atoms with Crippen molar-refractivity contribution in [3.8, 4) is 0 Å². The lowest BCUT2D eigenvalue weighted by molar-refractivity contribution is 0.392. The van der Waals surface area contributed by atoms with Gasteiger partial charge in [-0.3, -0.25) is 0 Å². The third kappa shape index (κ3) is 6.77. The fourth-order valence-corrected chi connectivity index (χ4v) is 2.70. The first-order valence-corrected chi connectivity index (χ1v) is 9.75. The topological polar surface area (TPSA) is 9.23 Å². The molecule has 15 heavy (non-hydrogen) atoms. The normalized spacial score (nSPS) is 13.7. The second-order valence-electron chi connectivity index (χ2n) is 5.05. The predicted octanol–water partition coefficient (Wildman–Crippen LogP) is 5.10. The van der Waals surface area contributed by atoms with E-state index in [1.54, 1.807) is 5.57 Å². The van der Waals surface area contributed by atoms with Gasteiger partial charge in [-0.1, -0.05) is 27.2 Å². The van der Waals surface area contributed by atoms with E-state index in [1.165, 1.54) is 25.0 Å². The molecule has 0 fully saturated rings. The van der Waals surface area contributed by atoms with Crippen LogP contribution in [0.4, 0.5) is 0 Å². The minimum absolute atomic E-state index is 1.05. The molecule has 0 aromatic heterocycles. The Morgan fingerprint density at radius 3 is 1.93 bits per heavy atom. The molecular weight excluding hydrogens is 200 g/mol. The highest BCUT2D eigenvalue weighted by Crippen LogP contribution is 2.23. The quantitative estimate of drug-likeness (QED) is 0.435. The molecule has 0 rings (SSSR count). The lowest BCUT2D eigenvalue weighted by Gasteiger charge is -2.24. The van der Waals surface area contributed by atoms with Crippen LogP contribution in [0.3, 0.4) is 0 Å². The lowest BCUT2D eigenvalue weighted by Crippen LogP contribution is -2.25. The molecule has 0 amide bonds. The summed E-state index contributed by atoms with van der Waals surface area (Å²) in [6.07, 6.45) is 5.99. The maximum atomic E-state index is 6.16. The van der Waals surface area contributed by atoms with Gasteiger partial charge in [-0.2, -0.15) is 0 Å². The monoisotopic (exact) mass is 228 g/mol. The molecule has 0 heterocycles. The van der Waals surface area contributed by atoms with Crippen LogP contribution in [0.5, 0.6) is 0 Å². The van der Waals surface area contributed by atoms with Crippen molar-refractivity contribution in [2.24, 2.45) is 0 Å². The van der Waals surface area contributed by atoms with Gasteiger partial charge >= 0.3 is 0 Å². The van der Waals surface area contributed by atoms with Crippen LogP contribution in [0, 0.1) is 0 Å². The van der Waals surface area contributed by atoms with Crippen LogP contribution in [-0.4, -0.2) is 8.32 Å². The predicted molar refractivity (Wildman–Crippen MR) is 71.6 cm³/mol. The van der Waals surface area contributed by atoms with Crippen molar-refractivity contribution in [1.29, 1.82) is 0 Å². The molecule has 0 aromatic carbocycles. The van der Waals surface area contributed by atoms with E-state index in [0.29, 0.717) is 0 Å². The van der Waals surface area contributed by atoms with E-state index in [0.717, 1.165) is 12.8 Å². The van der Waals surface area contributed by atoms with Crippen LogP contribution in [0.15, 0.2) is 11.3 Å². The minimum atomic E-state index is -1.42. The number of unbranched alkanes of at least 4 members (excludes halogenated alkanes) is 1. The largest absolute Gasteiger partial charge is 0.547 e. The molecule has 0 bridgehead atoms. The summed E-state index contributed by atoms with van der Waals surface area (Å²) in [5, 5.41) is 0. The molecule has 1 nitrogen and oxygen atoms in total. The maximum absolute atomic E-state index is 6.16. The van der Waals surface area contributed by atoms with Gasteiger partial charge in [-0.05, 0) is 44.5 Å². The summed E-state index contributed by atoms with van der Waals surface area (Å²) in [7, 11) is -1.42. The van der Waals surface area contributed by atoms with Crippen LogP contribution in [0.2, 0.25) is 19.6 Å². The Balaban J connectivity index is 4.58. The summed E-state index contributed by atoms with van der Waals surface area (Å²) >= 11 is 0. The van der Waals surface area contributed by atoms with E-state index in [9.17, 15) is 0 Å². The zero-order valence-corrected chi connectivity index (χ0v) is 12.4. The first-order valence-electron chi connectivity index (χ1n) is 6.34. The number of allylic oxidation sites excluding steroid dienone is 2. The van der Waals surface area contributed by atoms with Gasteiger partial charge in [0.1, 0.15) is 0 Å². The molecule has 0 atom stereocenters. The van der Waals surface area contributed by atoms with Crippen LogP contribution in [0.1, 0.15) is 52.9 Å². The molecule has 0 radical (unpaired) electrons. The average molecular weight is 228 g/mol. The van der Waals surface area contributed by atoms with Gasteiger partial charge in [0.25, 0.3) is 0 Å². The van der Waals surface area contributed by atoms with E-state index in [1.807, 2.05) is 0 Å². The van der Waals surface area contributed by atoms with E-state index in [2.05, 4.69) is 40.4 Å². The van der Waals surface area contributed by atoms with Crippen molar-refractivity contribution in [2.45, 2.75) is 72.5 Å². The van der Waals surface area contributed by atoms with Crippen LogP contribution in [-0.2, 0) is 4.43 Å². The Kier molecular flexibility index (Phi) is 6.99. The van der Waals surface area contributed by atoms with E-state index in [4.69, 9.17) is 4.43 Å². The summed E-state index contributed by atoms with van der Waals surface area (Å²) in [4.78, 5) is 0. The SMILES string of the molecule is CCCCC(CC)=C(CC)O[Si](C)(C)C. The van der Waals surface area contributed by atoms with Gasteiger partial charge in [0, 0.05) is 6.42 Å². The van der Waals surface area contributed by atoms with Crippen LogP contribution >= 0.6 is 0 Å². The van der Waals surface area contributed by atoms with Gasteiger partial charge in [0.15, 0.2) is 0 Å². The molecule has 0 saturated heterocycles. The molecule has 0 unspecified atom stereocenters. The summed E-state index contributed by atoms with van der Waals surface area (Å²) in [6, 6.07) is 0. The highest BCUT2D eigenvalue weighted by atomic mass is 28.4. The molecule has 0 aliphatic rings. The smallest absolute Gasteiger partial charge is 0.241 e. The maximum Gasteiger partial charge on any atom is 0.241 e. The molecular formula is C13H28OSi. The molecule has 0 aliphatic heterocycles. The first-order chi connectivity index (χ1) is 6.94. The summed E-state index contributed by atoms with van der Waals surface area (Å²) in [6.45, 7) is 13.5. The lowest BCUT2D eigenvalue weighted by atomic mass is 10.0. The highest BCUT2D eigenvalue weighted by molar-refractivity contribution is 6.70. The molecule has 0 spiro atoms.